The van der Waals surface area contributed by atoms with Crippen LogP contribution < -0.4 is 25.6 Å². The number of carbonyl (C=O) groups excluding carboxylic acids is 1. The predicted octanol–water partition coefficient (Wildman–Crippen LogP) is 0.786. The number of carboxylic acids is 1. The summed E-state index contributed by atoms with van der Waals surface area (Å²) in [4.78, 5) is 28.1. The number of nitrogens with zero attached hydrogens (tertiary/aromatic N) is 5. The maximum atomic E-state index is 12.9. The number of carbonyl (C=O) groups is 2. The number of benzene rings is 1. The van der Waals surface area contributed by atoms with Crippen LogP contribution in [-0.4, -0.2) is 39.6 Å². The molecule has 1 unspecified atom stereocenters. The van der Waals surface area contributed by atoms with Crippen molar-refractivity contribution in [3.63, 3.8) is 0 Å². The number of aromatic nitrogens is 3. The highest BCUT2D eigenvalue weighted by Crippen LogP contribution is 2.38. The lowest BCUT2D eigenvalue weighted by Gasteiger charge is -2.16. The predicted molar refractivity (Wildman–Crippen MR) is 118 cm³/mol. The number of aryl methyl sites for hydroxylation is 1. The standard InChI is InChI=1S/C21H17N7O6S/c1-9(18(29)25-13-5-4-10(20(30)31)6-14(13)33-3)35-19-12(8-23)15(11(7-22)17(24)26-19)16-21(32)34-27-28(16)2/h4-6,9H,1-3H3,(H4-,24,25,26,27,29,30,31,32). The van der Waals surface area contributed by atoms with Gasteiger partial charge in [0.25, 0.3) is 5.69 Å². The molecule has 13 nitrogen and oxygen atoms in total. The Balaban J connectivity index is 1.98. The highest BCUT2D eigenvalue weighted by molar-refractivity contribution is 8.00. The van der Waals surface area contributed by atoms with Crippen molar-refractivity contribution in [3.05, 3.63) is 34.9 Å². The van der Waals surface area contributed by atoms with Crippen LogP contribution in [0.4, 0.5) is 11.5 Å². The molecule has 1 atom stereocenters. The van der Waals surface area contributed by atoms with Crippen LogP contribution in [0, 0.1) is 22.7 Å². The van der Waals surface area contributed by atoms with Crippen molar-refractivity contribution in [2.45, 2.75) is 17.2 Å². The summed E-state index contributed by atoms with van der Waals surface area (Å²) < 4.78 is 10.8. The first-order valence-corrected chi connectivity index (χ1v) is 10.6. The van der Waals surface area contributed by atoms with Crippen molar-refractivity contribution in [3.8, 4) is 35.1 Å². The third kappa shape index (κ3) is 4.78. The summed E-state index contributed by atoms with van der Waals surface area (Å²) in [6.45, 7) is 1.54. The van der Waals surface area contributed by atoms with E-state index in [9.17, 15) is 25.2 Å². The number of methoxy groups -OCH3 is 1. The van der Waals surface area contributed by atoms with E-state index in [2.05, 4.69) is 20.1 Å². The fraction of sp³-hybridized carbons (Fsp3) is 0.190. The zero-order valence-electron chi connectivity index (χ0n) is 18.5. The van der Waals surface area contributed by atoms with Crippen molar-refractivity contribution >= 4 is 35.1 Å². The van der Waals surface area contributed by atoms with Crippen LogP contribution in [0.5, 0.6) is 11.7 Å². The molecule has 4 N–H and O–H groups in total. The summed E-state index contributed by atoms with van der Waals surface area (Å²) in [5.41, 5.74) is 5.51. The van der Waals surface area contributed by atoms with Gasteiger partial charge < -0.3 is 30.5 Å². The fourth-order valence-electron chi connectivity index (χ4n) is 3.08. The molecule has 0 aliphatic heterocycles. The van der Waals surface area contributed by atoms with E-state index < -0.39 is 23.1 Å². The lowest BCUT2D eigenvalue weighted by molar-refractivity contribution is -0.730. The van der Waals surface area contributed by atoms with Crippen molar-refractivity contribution < 1.29 is 33.7 Å². The lowest BCUT2D eigenvalue weighted by atomic mass is 10.0. The van der Waals surface area contributed by atoms with E-state index in [-0.39, 0.29) is 50.2 Å². The van der Waals surface area contributed by atoms with Gasteiger partial charge in [0.15, 0.2) is 13.0 Å². The number of nitriles is 2. The molecular weight excluding hydrogens is 478 g/mol. The highest BCUT2D eigenvalue weighted by atomic mass is 32.2. The van der Waals surface area contributed by atoms with Crippen molar-refractivity contribution in [2.75, 3.05) is 18.2 Å². The molecule has 3 aromatic rings. The van der Waals surface area contributed by atoms with E-state index in [0.29, 0.717) is 0 Å². The van der Waals surface area contributed by atoms with Crippen molar-refractivity contribution in [2.24, 2.45) is 7.05 Å². The number of pyridine rings is 1. The van der Waals surface area contributed by atoms with Crippen LogP contribution in [0.3, 0.4) is 0 Å². The fourth-order valence-corrected chi connectivity index (χ4v) is 4.00. The number of thioether (sulfide) groups is 1. The zero-order valence-corrected chi connectivity index (χ0v) is 19.3. The quantitative estimate of drug-likeness (QED) is 0.306. The molecule has 0 spiro atoms. The Morgan fingerprint density at radius 3 is 2.57 bits per heavy atom. The van der Waals surface area contributed by atoms with Gasteiger partial charge in [0, 0.05) is 0 Å². The van der Waals surface area contributed by atoms with Gasteiger partial charge in [-0.05, 0) is 25.1 Å². The van der Waals surface area contributed by atoms with Crippen LogP contribution in [0.2, 0.25) is 0 Å². The molecule has 1 aromatic carbocycles. The maximum absolute atomic E-state index is 12.9. The molecule has 0 aliphatic carbocycles. The van der Waals surface area contributed by atoms with Crippen LogP contribution >= 0.6 is 11.8 Å². The first kappa shape index (κ1) is 24.8. The number of amides is 1. The van der Waals surface area contributed by atoms with Crippen LogP contribution in [-0.2, 0) is 11.8 Å². The van der Waals surface area contributed by atoms with Gasteiger partial charge >= 0.3 is 5.97 Å². The van der Waals surface area contributed by atoms with Crippen LogP contribution in [0.25, 0.3) is 11.3 Å². The van der Waals surface area contributed by atoms with E-state index >= 15 is 0 Å². The summed E-state index contributed by atoms with van der Waals surface area (Å²) >= 11 is 0.868. The second kappa shape index (κ2) is 9.98. The number of aromatic carboxylic acids is 1. The molecule has 0 bridgehead atoms. The van der Waals surface area contributed by atoms with E-state index in [0.717, 1.165) is 16.4 Å². The number of rotatable bonds is 7. The SMILES string of the molecule is COc1cc(C(=O)O)ccc1NC(=O)C(C)Sc1nc(N)c(C#N)c(-c2c([O-])on[n+]2C)c1C#N. The Hall–Kier alpha value is -4.82. The Morgan fingerprint density at radius 1 is 1.34 bits per heavy atom. The zero-order chi connectivity index (χ0) is 25.9. The molecule has 35 heavy (non-hydrogen) atoms. The molecule has 1 amide bonds. The topological polar surface area (TPSA) is 215 Å². The molecule has 0 aliphatic rings. The first-order chi connectivity index (χ1) is 16.6. The Morgan fingerprint density at radius 2 is 2.03 bits per heavy atom. The number of nitrogens with two attached hydrogens (primary N) is 1. The first-order valence-electron chi connectivity index (χ1n) is 9.68. The molecule has 0 saturated heterocycles. The lowest BCUT2D eigenvalue weighted by Crippen LogP contribution is -2.32. The number of anilines is 2. The second-order valence-corrected chi connectivity index (χ2v) is 8.28. The molecule has 3 rings (SSSR count). The maximum Gasteiger partial charge on any atom is 0.335 e. The largest absolute Gasteiger partial charge is 0.539 e. The average molecular weight is 495 g/mol. The number of hydrogen-bond acceptors (Lipinski definition) is 11. The monoisotopic (exact) mass is 495 g/mol. The van der Waals surface area contributed by atoms with Crippen LogP contribution in [0.1, 0.15) is 28.4 Å². The van der Waals surface area contributed by atoms with Gasteiger partial charge in [-0.25, -0.2) is 9.78 Å². The van der Waals surface area contributed by atoms with Gasteiger partial charge in [0.2, 0.25) is 5.91 Å². The molecule has 0 fully saturated rings. The minimum absolute atomic E-state index is 0.00967. The molecule has 2 aromatic heterocycles. The van der Waals surface area contributed by atoms with Crippen molar-refractivity contribution in [1.29, 1.82) is 10.5 Å². The van der Waals surface area contributed by atoms with Gasteiger partial charge in [0.1, 0.15) is 34.3 Å². The third-order valence-corrected chi connectivity index (χ3v) is 5.87. The smallest absolute Gasteiger partial charge is 0.335 e. The molecule has 178 valence electrons. The summed E-state index contributed by atoms with van der Waals surface area (Å²) in [5, 5.41) is 46.0. The number of carboxylic acid groups (broad SMARTS) is 1. The Labute approximate surface area is 202 Å². The summed E-state index contributed by atoms with van der Waals surface area (Å²) in [6.07, 6.45) is 0. The van der Waals surface area contributed by atoms with Gasteiger partial charge in [-0.1, -0.05) is 16.4 Å². The number of hydrogen-bond donors (Lipinski definition) is 3. The minimum atomic E-state index is -1.16. The van der Waals surface area contributed by atoms with E-state index in [1.54, 1.807) is 0 Å². The minimum Gasteiger partial charge on any atom is -0.539 e. The summed E-state index contributed by atoms with van der Waals surface area (Å²) in [6, 6.07) is 7.71. The summed E-state index contributed by atoms with van der Waals surface area (Å²) in [7, 11) is 2.72. The Kier molecular flexibility index (Phi) is 7.08. The molecule has 0 saturated carbocycles. The van der Waals surface area contributed by atoms with Gasteiger partial charge in [-0.3, -0.25) is 4.79 Å². The van der Waals surface area contributed by atoms with E-state index in [1.165, 1.54) is 39.3 Å². The summed E-state index contributed by atoms with van der Waals surface area (Å²) in [5.74, 6) is -2.67. The molecule has 2 heterocycles. The van der Waals surface area contributed by atoms with E-state index in [1.807, 2.05) is 12.1 Å². The normalized spacial score (nSPS) is 11.2. The molecule has 0 radical (unpaired) electrons. The number of ether oxygens (including phenoxy) is 1. The van der Waals surface area contributed by atoms with E-state index in [4.69, 9.17) is 15.6 Å². The van der Waals surface area contributed by atoms with Gasteiger partial charge in [-0.15, -0.1) is 0 Å². The van der Waals surface area contributed by atoms with Crippen molar-refractivity contribution in [1.82, 2.24) is 10.3 Å². The average Bonchev–Trinajstić information content (AvgIpc) is 3.16. The van der Waals surface area contributed by atoms with Gasteiger partial charge in [0.05, 0.1) is 40.0 Å². The number of nitrogens with one attached hydrogen (secondary N) is 1. The molecular formula is C21H17N7O6S. The molecule has 14 heteroatoms. The van der Waals surface area contributed by atoms with Crippen LogP contribution in [0.15, 0.2) is 27.7 Å². The second-order valence-electron chi connectivity index (χ2n) is 6.95. The number of nitrogen functional groups attached to an aromatic ring is 1. The Bertz CT molecular complexity index is 1400. The highest BCUT2D eigenvalue weighted by Gasteiger charge is 2.30. The third-order valence-electron chi connectivity index (χ3n) is 4.78. The van der Waals surface area contributed by atoms with Gasteiger partial charge in [-0.2, -0.15) is 10.5 Å².